The summed E-state index contributed by atoms with van der Waals surface area (Å²) in [6, 6.07) is 6.86. The summed E-state index contributed by atoms with van der Waals surface area (Å²) in [7, 11) is 1.69. The Morgan fingerprint density at radius 1 is 1.32 bits per heavy atom. The third-order valence-corrected chi connectivity index (χ3v) is 3.52. The number of carbonyl (C=O) groups excluding carboxylic acids is 1. The maximum absolute atomic E-state index is 13.3. The number of benzene rings is 1. The first-order valence-electron chi connectivity index (χ1n) is 7.31. The summed E-state index contributed by atoms with van der Waals surface area (Å²) in [5.41, 5.74) is 5.94. The number of likely N-dealkylation sites (N-methyl/N-ethyl adjacent to an activating group) is 1. The predicted molar refractivity (Wildman–Crippen MR) is 81.4 cm³/mol. The quantitative estimate of drug-likeness (QED) is 0.884. The highest BCUT2D eigenvalue weighted by molar-refractivity contribution is 5.69. The molecule has 2 heterocycles. The van der Waals surface area contributed by atoms with Crippen LogP contribution in [0.1, 0.15) is 0 Å². The average molecular weight is 311 g/mol. The molecule has 6 nitrogen and oxygen atoms in total. The summed E-state index contributed by atoms with van der Waals surface area (Å²) in [5, 5.41) is 0. The molecule has 7 heteroatoms. The van der Waals surface area contributed by atoms with Crippen LogP contribution in [-0.4, -0.2) is 63.5 Å². The molecular weight excluding hydrogens is 289 g/mol. The van der Waals surface area contributed by atoms with Gasteiger partial charge < -0.3 is 25.0 Å². The van der Waals surface area contributed by atoms with Gasteiger partial charge in [0.05, 0.1) is 25.4 Å². The van der Waals surface area contributed by atoms with Crippen molar-refractivity contribution in [3.05, 3.63) is 30.1 Å². The van der Waals surface area contributed by atoms with E-state index in [2.05, 4.69) is 0 Å². The van der Waals surface area contributed by atoms with E-state index in [0.717, 1.165) is 13.1 Å². The predicted octanol–water partition coefficient (Wildman–Crippen LogP) is 1.06. The highest BCUT2D eigenvalue weighted by Gasteiger charge is 2.26. The van der Waals surface area contributed by atoms with Gasteiger partial charge in [-0.2, -0.15) is 0 Å². The van der Waals surface area contributed by atoms with E-state index in [1.807, 2.05) is 11.0 Å². The standard InChI is InChI=1S/C10H12FNO.C5H10N2O2/c11-9-3-1-2-4-10(9)12-5-7-13-8-6-12;1-7-3-4(2-6)9-5(7)8/h1-4H,5-8H2;4H,2-3,6H2,1H3. The Kier molecular flexibility index (Phi) is 5.97. The number of morpholine rings is 1. The first-order chi connectivity index (χ1) is 10.6. The van der Waals surface area contributed by atoms with Crippen molar-refractivity contribution in [3.8, 4) is 0 Å². The summed E-state index contributed by atoms with van der Waals surface area (Å²) in [4.78, 5) is 14.1. The van der Waals surface area contributed by atoms with Crippen molar-refractivity contribution in [1.82, 2.24) is 4.90 Å². The van der Waals surface area contributed by atoms with Gasteiger partial charge in [-0.3, -0.25) is 0 Å². The number of ether oxygens (including phenoxy) is 2. The first kappa shape index (κ1) is 16.5. The summed E-state index contributed by atoms with van der Waals surface area (Å²) >= 11 is 0. The molecule has 1 atom stereocenters. The van der Waals surface area contributed by atoms with Gasteiger partial charge in [0.25, 0.3) is 0 Å². The van der Waals surface area contributed by atoms with E-state index < -0.39 is 0 Å². The van der Waals surface area contributed by atoms with Crippen LogP contribution in [0.3, 0.4) is 0 Å². The number of nitrogens with two attached hydrogens (primary N) is 1. The molecule has 1 unspecified atom stereocenters. The van der Waals surface area contributed by atoms with Gasteiger partial charge in [0.1, 0.15) is 11.9 Å². The summed E-state index contributed by atoms with van der Waals surface area (Å²) in [5.74, 6) is -0.149. The molecule has 1 aromatic carbocycles. The average Bonchev–Trinajstić information content (AvgIpc) is 2.88. The Labute approximate surface area is 129 Å². The number of amides is 1. The van der Waals surface area contributed by atoms with E-state index in [1.54, 1.807) is 19.2 Å². The molecule has 2 aliphatic heterocycles. The lowest BCUT2D eigenvalue weighted by molar-refractivity contribution is 0.122. The molecule has 22 heavy (non-hydrogen) atoms. The maximum Gasteiger partial charge on any atom is 0.410 e. The van der Waals surface area contributed by atoms with E-state index in [1.165, 1.54) is 11.0 Å². The topological polar surface area (TPSA) is 68.0 Å². The fourth-order valence-electron chi connectivity index (χ4n) is 2.28. The van der Waals surface area contributed by atoms with Crippen LogP contribution in [0.15, 0.2) is 24.3 Å². The number of nitrogens with zero attached hydrogens (tertiary/aromatic N) is 2. The monoisotopic (exact) mass is 311 g/mol. The number of anilines is 1. The lowest BCUT2D eigenvalue weighted by Gasteiger charge is -2.28. The smallest absolute Gasteiger partial charge is 0.410 e. The van der Waals surface area contributed by atoms with E-state index >= 15 is 0 Å². The largest absolute Gasteiger partial charge is 0.443 e. The highest BCUT2D eigenvalue weighted by atomic mass is 19.1. The molecule has 2 aliphatic rings. The number of para-hydroxylation sites is 1. The third kappa shape index (κ3) is 4.32. The second-order valence-electron chi connectivity index (χ2n) is 5.17. The van der Waals surface area contributed by atoms with Crippen LogP contribution in [0.25, 0.3) is 0 Å². The van der Waals surface area contributed by atoms with Crippen molar-refractivity contribution in [1.29, 1.82) is 0 Å². The zero-order chi connectivity index (χ0) is 15.9. The zero-order valence-corrected chi connectivity index (χ0v) is 12.7. The second kappa shape index (κ2) is 7.95. The van der Waals surface area contributed by atoms with Crippen LogP contribution in [0.4, 0.5) is 14.9 Å². The minimum Gasteiger partial charge on any atom is -0.443 e. The second-order valence-corrected chi connectivity index (χ2v) is 5.17. The molecular formula is C15H22FN3O3. The lowest BCUT2D eigenvalue weighted by atomic mass is 10.2. The minimum atomic E-state index is -0.273. The zero-order valence-electron chi connectivity index (χ0n) is 12.7. The number of carbonyl (C=O) groups is 1. The molecule has 122 valence electrons. The molecule has 0 radical (unpaired) electrons. The van der Waals surface area contributed by atoms with Gasteiger partial charge in [0.15, 0.2) is 0 Å². The maximum atomic E-state index is 13.3. The molecule has 2 saturated heterocycles. The molecule has 0 spiro atoms. The highest BCUT2D eigenvalue weighted by Crippen LogP contribution is 2.19. The Balaban J connectivity index is 0.000000172. The van der Waals surface area contributed by atoms with E-state index in [-0.39, 0.29) is 18.0 Å². The van der Waals surface area contributed by atoms with Crippen molar-refractivity contribution < 1.29 is 18.7 Å². The van der Waals surface area contributed by atoms with Crippen LogP contribution in [0.2, 0.25) is 0 Å². The van der Waals surface area contributed by atoms with E-state index in [0.29, 0.717) is 32.0 Å². The van der Waals surface area contributed by atoms with Crippen molar-refractivity contribution in [2.45, 2.75) is 6.10 Å². The van der Waals surface area contributed by atoms with Crippen LogP contribution in [-0.2, 0) is 9.47 Å². The van der Waals surface area contributed by atoms with Gasteiger partial charge >= 0.3 is 6.09 Å². The Morgan fingerprint density at radius 2 is 2.00 bits per heavy atom. The normalized spacial score (nSPS) is 21.2. The van der Waals surface area contributed by atoms with Gasteiger partial charge in [-0.25, -0.2) is 9.18 Å². The van der Waals surface area contributed by atoms with Crippen molar-refractivity contribution in [3.63, 3.8) is 0 Å². The number of cyclic esters (lactones) is 1. The van der Waals surface area contributed by atoms with Gasteiger partial charge in [-0.1, -0.05) is 12.1 Å². The molecule has 0 bridgehead atoms. The molecule has 2 N–H and O–H groups in total. The number of halogens is 1. The Morgan fingerprint density at radius 3 is 2.50 bits per heavy atom. The van der Waals surface area contributed by atoms with E-state index in [4.69, 9.17) is 15.2 Å². The number of hydrogen-bond donors (Lipinski definition) is 1. The first-order valence-corrected chi connectivity index (χ1v) is 7.31. The summed E-state index contributed by atoms with van der Waals surface area (Å²) in [6.07, 6.45) is -0.368. The molecule has 0 aromatic heterocycles. The fraction of sp³-hybridized carbons (Fsp3) is 0.533. The van der Waals surface area contributed by atoms with Crippen LogP contribution < -0.4 is 10.6 Å². The van der Waals surface area contributed by atoms with Gasteiger partial charge in [-0.05, 0) is 12.1 Å². The number of rotatable bonds is 2. The van der Waals surface area contributed by atoms with Gasteiger partial charge in [0, 0.05) is 26.7 Å². The molecule has 1 amide bonds. The fourth-order valence-corrected chi connectivity index (χ4v) is 2.28. The molecule has 0 saturated carbocycles. The Bertz CT molecular complexity index is 495. The van der Waals surface area contributed by atoms with Crippen molar-refractivity contribution >= 4 is 11.8 Å². The molecule has 2 fully saturated rings. The SMILES string of the molecule is CN1CC(CN)OC1=O.Fc1ccccc1N1CCOCC1. The molecule has 1 aromatic rings. The Hall–Kier alpha value is -1.86. The minimum absolute atomic E-state index is 0.0949. The summed E-state index contributed by atoms with van der Waals surface area (Å²) < 4.78 is 23.3. The molecule has 3 rings (SSSR count). The van der Waals surface area contributed by atoms with Crippen LogP contribution in [0.5, 0.6) is 0 Å². The van der Waals surface area contributed by atoms with Crippen LogP contribution in [0, 0.1) is 5.82 Å². The van der Waals surface area contributed by atoms with Gasteiger partial charge in [0.2, 0.25) is 0 Å². The third-order valence-electron chi connectivity index (χ3n) is 3.52. The summed E-state index contributed by atoms with van der Waals surface area (Å²) in [6.45, 7) is 3.97. The van der Waals surface area contributed by atoms with Crippen molar-refractivity contribution in [2.24, 2.45) is 5.73 Å². The molecule has 0 aliphatic carbocycles. The van der Waals surface area contributed by atoms with Crippen molar-refractivity contribution in [2.75, 3.05) is 51.3 Å². The van der Waals surface area contributed by atoms with E-state index in [9.17, 15) is 9.18 Å². The van der Waals surface area contributed by atoms with Crippen LogP contribution >= 0.6 is 0 Å². The van der Waals surface area contributed by atoms with Gasteiger partial charge in [-0.15, -0.1) is 0 Å². The number of hydrogen-bond acceptors (Lipinski definition) is 5. The lowest BCUT2D eigenvalue weighted by Crippen LogP contribution is -2.36.